The van der Waals surface area contributed by atoms with Crippen LogP contribution in [0.4, 0.5) is 14.5 Å². The van der Waals surface area contributed by atoms with Gasteiger partial charge in [0.25, 0.3) is 0 Å². The quantitative estimate of drug-likeness (QED) is 0.651. The van der Waals surface area contributed by atoms with Crippen LogP contribution in [0, 0.1) is 11.6 Å². The van der Waals surface area contributed by atoms with Crippen molar-refractivity contribution in [3.05, 3.63) is 77.8 Å². The Hall–Kier alpha value is -3.19. The summed E-state index contributed by atoms with van der Waals surface area (Å²) in [5, 5.41) is 0. The van der Waals surface area contributed by atoms with Crippen LogP contribution < -0.4 is 10.6 Å². The predicted molar refractivity (Wildman–Crippen MR) is 111 cm³/mol. The van der Waals surface area contributed by atoms with E-state index >= 15 is 0 Å². The summed E-state index contributed by atoms with van der Waals surface area (Å²) < 4.78 is 28.4. The molecular formula is C23H22F2N4O. The molecule has 1 atom stereocenters. The molecule has 0 radical (unpaired) electrons. The number of piperidine rings is 1. The van der Waals surface area contributed by atoms with Gasteiger partial charge in [0.15, 0.2) is 5.78 Å². The number of halogens is 2. The highest BCUT2D eigenvalue weighted by Gasteiger charge is 2.21. The number of Topliss-reactive ketones (excluding diaryl/α,β-unsaturated/α-hetero) is 1. The number of aromatic nitrogens is 2. The van der Waals surface area contributed by atoms with E-state index in [1.165, 1.54) is 24.3 Å². The summed E-state index contributed by atoms with van der Waals surface area (Å²) in [5.74, 6) is -1.56. The predicted octanol–water partition coefficient (Wildman–Crippen LogP) is 3.77. The van der Waals surface area contributed by atoms with Crippen molar-refractivity contribution in [1.82, 2.24) is 9.97 Å². The van der Waals surface area contributed by atoms with Gasteiger partial charge in [0.2, 0.25) is 0 Å². The van der Waals surface area contributed by atoms with Crippen molar-refractivity contribution < 1.29 is 13.6 Å². The molecule has 1 aliphatic rings. The second-order valence-electron chi connectivity index (χ2n) is 7.46. The molecule has 0 unspecified atom stereocenters. The minimum Gasteiger partial charge on any atom is -0.370 e. The maximum absolute atomic E-state index is 14.3. The molecule has 1 aliphatic heterocycles. The Kier molecular flexibility index (Phi) is 5.81. The Balaban J connectivity index is 1.61. The van der Waals surface area contributed by atoms with Crippen LogP contribution in [-0.2, 0) is 6.42 Å². The molecule has 5 nitrogen and oxygen atoms in total. The minimum absolute atomic E-state index is 0.0222. The number of hydrogen-bond donors (Lipinski definition) is 1. The Morgan fingerprint density at radius 2 is 1.97 bits per heavy atom. The SMILES string of the molecule is N[C@H]1CCCN(c2ccncc2CC(=O)c2ccc(F)c(-c3ccccc3F)n2)C1. The summed E-state index contributed by atoms with van der Waals surface area (Å²) in [6.45, 7) is 1.59. The molecule has 154 valence electrons. The molecule has 1 saturated heterocycles. The topological polar surface area (TPSA) is 72.1 Å². The van der Waals surface area contributed by atoms with Crippen LogP contribution in [0.25, 0.3) is 11.3 Å². The Bertz CT molecular complexity index is 1070. The fourth-order valence-electron chi connectivity index (χ4n) is 3.80. The van der Waals surface area contributed by atoms with E-state index in [0.29, 0.717) is 0 Å². The number of nitrogens with zero attached hydrogens (tertiary/aromatic N) is 3. The van der Waals surface area contributed by atoms with E-state index in [0.717, 1.165) is 43.2 Å². The van der Waals surface area contributed by atoms with Gasteiger partial charge in [-0.05, 0) is 43.2 Å². The van der Waals surface area contributed by atoms with Crippen LogP contribution in [0.15, 0.2) is 54.9 Å². The number of hydrogen-bond acceptors (Lipinski definition) is 5. The molecule has 1 aromatic carbocycles. The van der Waals surface area contributed by atoms with Crippen molar-refractivity contribution in [1.29, 1.82) is 0 Å². The van der Waals surface area contributed by atoms with Crippen LogP contribution >= 0.6 is 0 Å². The smallest absolute Gasteiger partial charge is 0.185 e. The number of nitrogens with two attached hydrogens (primary N) is 1. The van der Waals surface area contributed by atoms with Gasteiger partial charge in [0.1, 0.15) is 23.0 Å². The lowest BCUT2D eigenvalue weighted by atomic mass is 10.0. The summed E-state index contributed by atoms with van der Waals surface area (Å²) in [5.41, 5.74) is 7.72. The number of anilines is 1. The molecule has 7 heteroatoms. The number of carbonyl (C=O) groups excluding carboxylic acids is 1. The van der Waals surface area contributed by atoms with Gasteiger partial charge in [-0.15, -0.1) is 0 Å². The van der Waals surface area contributed by atoms with E-state index in [1.54, 1.807) is 18.5 Å². The van der Waals surface area contributed by atoms with E-state index in [1.807, 2.05) is 6.07 Å². The maximum Gasteiger partial charge on any atom is 0.185 e. The fourth-order valence-corrected chi connectivity index (χ4v) is 3.80. The summed E-state index contributed by atoms with van der Waals surface area (Å²) in [7, 11) is 0. The summed E-state index contributed by atoms with van der Waals surface area (Å²) in [6.07, 6.45) is 5.38. The van der Waals surface area contributed by atoms with Gasteiger partial charge >= 0.3 is 0 Å². The van der Waals surface area contributed by atoms with E-state index in [2.05, 4.69) is 14.9 Å². The second kappa shape index (κ2) is 8.67. The first-order valence-electron chi connectivity index (χ1n) is 9.91. The third-order valence-electron chi connectivity index (χ3n) is 5.29. The number of ketones is 1. The van der Waals surface area contributed by atoms with Crippen molar-refractivity contribution in [3.8, 4) is 11.3 Å². The van der Waals surface area contributed by atoms with E-state index < -0.39 is 11.6 Å². The second-order valence-corrected chi connectivity index (χ2v) is 7.46. The zero-order chi connectivity index (χ0) is 21.1. The standard InChI is InChI=1S/C23H22F2N4O/c24-18-6-2-1-5-17(18)23-19(25)7-8-20(28-23)22(30)12-15-13-27-10-9-21(15)29-11-3-4-16(26)14-29/h1-2,5-10,13,16H,3-4,11-12,14,26H2/t16-/m0/s1. The van der Waals surface area contributed by atoms with E-state index in [9.17, 15) is 13.6 Å². The van der Waals surface area contributed by atoms with Crippen molar-refractivity contribution >= 4 is 11.5 Å². The summed E-state index contributed by atoms with van der Waals surface area (Å²) >= 11 is 0. The first kappa shape index (κ1) is 20.1. The Morgan fingerprint density at radius 3 is 2.77 bits per heavy atom. The van der Waals surface area contributed by atoms with Gasteiger partial charge < -0.3 is 10.6 Å². The highest BCUT2D eigenvalue weighted by atomic mass is 19.1. The zero-order valence-electron chi connectivity index (χ0n) is 16.4. The van der Waals surface area contributed by atoms with Crippen LogP contribution in [0.2, 0.25) is 0 Å². The van der Waals surface area contributed by atoms with Crippen LogP contribution in [0.5, 0.6) is 0 Å². The summed E-state index contributed by atoms with van der Waals surface area (Å²) in [4.78, 5) is 23.4. The molecular weight excluding hydrogens is 386 g/mol. The highest BCUT2D eigenvalue weighted by Crippen LogP contribution is 2.26. The molecule has 2 aromatic heterocycles. The third kappa shape index (κ3) is 4.21. The van der Waals surface area contributed by atoms with Crippen molar-refractivity contribution in [2.75, 3.05) is 18.0 Å². The lowest BCUT2D eigenvalue weighted by Crippen LogP contribution is -2.43. The zero-order valence-corrected chi connectivity index (χ0v) is 16.4. The molecule has 0 bridgehead atoms. The fraction of sp³-hybridized carbons (Fsp3) is 0.261. The van der Waals surface area contributed by atoms with Gasteiger partial charge in [-0.25, -0.2) is 13.8 Å². The van der Waals surface area contributed by atoms with E-state index in [-0.39, 0.29) is 35.2 Å². The van der Waals surface area contributed by atoms with E-state index in [4.69, 9.17) is 5.73 Å². The van der Waals surface area contributed by atoms with Crippen molar-refractivity contribution in [3.63, 3.8) is 0 Å². The normalized spacial score (nSPS) is 16.5. The van der Waals surface area contributed by atoms with Gasteiger partial charge in [0.05, 0.1) is 0 Å². The molecule has 0 aliphatic carbocycles. The molecule has 0 spiro atoms. The maximum atomic E-state index is 14.3. The molecule has 2 N–H and O–H groups in total. The Labute approximate surface area is 173 Å². The molecule has 0 saturated carbocycles. The average Bonchev–Trinajstić information content (AvgIpc) is 2.75. The number of carbonyl (C=O) groups is 1. The van der Waals surface area contributed by atoms with Gasteiger partial charge in [-0.1, -0.05) is 12.1 Å². The van der Waals surface area contributed by atoms with Gasteiger partial charge in [-0.3, -0.25) is 9.78 Å². The first-order chi connectivity index (χ1) is 14.5. The molecule has 3 heterocycles. The number of benzene rings is 1. The van der Waals surface area contributed by atoms with Crippen molar-refractivity contribution in [2.45, 2.75) is 25.3 Å². The third-order valence-corrected chi connectivity index (χ3v) is 5.29. The monoisotopic (exact) mass is 408 g/mol. The van der Waals surface area contributed by atoms with Crippen LogP contribution in [0.1, 0.15) is 28.9 Å². The summed E-state index contributed by atoms with van der Waals surface area (Å²) in [6, 6.07) is 10.2. The molecule has 4 rings (SSSR count). The first-order valence-corrected chi connectivity index (χ1v) is 9.91. The number of pyridine rings is 2. The van der Waals surface area contributed by atoms with Crippen molar-refractivity contribution in [2.24, 2.45) is 5.73 Å². The molecule has 0 amide bonds. The number of rotatable bonds is 5. The molecule has 1 fully saturated rings. The van der Waals surface area contributed by atoms with Crippen LogP contribution in [0.3, 0.4) is 0 Å². The minimum atomic E-state index is -0.680. The molecule has 30 heavy (non-hydrogen) atoms. The largest absolute Gasteiger partial charge is 0.370 e. The Morgan fingerprint density at radius 1 is 1.13 bits per heavy atom. The van der Waals surface area contributed by atoms with Gasteiger partial charge in [-0.2, -0.15) is 0 Å². The average molecular weight is 408 g/mol. The van der Waals surface area contributed by atoms with Crippen LogP contribution in [-0.4, -0.2) is 34.9 Å². The lowest BCUT2D eigenvalue weighted by molar-refractivity contribution is 0.0988. The lowest BCUT2D eigenvalue weighted by Gasteiger charge is -2.33. The highest BCUT2D eigenvalue weighted by molar-refractivity contribution is 5.97. The van der Waals surface area contributed by atoms with Gasteiger partial charge in [0, 0.05) is 54.8 Å². The molecule has 3 aromatic rings.